The molecule has 0 amide bonds. The summed E-state index contributed by atoms with van der Waals surface area (Å²) in [5.41, 5.74) is 0.912. The van der Waals surface area contributed by atoms with Gasteiger partial charge in [0.2, 0.25) is 0 Å². The average molecular weight is 358 g/mol. The summed E-state index contributed by atoms with van der Waals surface area (Å²) in [5, 5.41) is 10.7. The monoisotopic (exact) mass is 358 g/mol. The zero-order chi connectivity index (χ0) is 18.8. The van der Waals surface area contributed by atoms with Crippen molar-refractivity contribution < 1.29 is 9.50 Å². The maximum atomic E-state index is 13.9. The number of benzene rings is 3. The number of phenolic OH excluding ortho intramolecular Hbond substituents is 1. The van der Waals surface area contributed by atoms with Crippen molar-refractivity contribution in [2.24, 2.45) is 0 Å². The highest BCUT2D eigenvalue weighted by atomic mass is 19.1. The van der Waals surface area contributed by atoms with E-state index in [9.17, 15) is 14.3 Å². The van der Waals surface area contributed by atoms with E-state index in [4.69, 9.17) is 0 Å². The maximum absolute atomic E-state index is 13.9. The molecule has 1 heterocycles. The molecule has 0 spiro atoms. The average Bonchev–Trinajstić information content (AvgIpc) is 2.68. The van der Waals surface area contributed by atoms with Crippen LogP contribution in [0.2, 0.25) is 0 Å². The zero-order valence-corrected chi connectivity index (χ0v) is 14.2. The van der Waals surface area contributed by atoms with Gasteiger partial charge >= 0.3 is 0 Å². The molecule has 1 aromatic heterocycles. The number of fused-ring (bicyclic) bond motifs is 1. The summed E-state index contributed by atoms with van der Waals surface area (Å²) in [7, 11) is 0. The fourth-order valence-corrected chi connectivity index (χ4v) is 2.92. The molecule has 0 atom stereocenters. The van der Waals surface area contributed by atoms with Crippen molar-refractivity contribution in [2.45, 2.75) is 0 Å². The normalized spacial score (nSPS) is 11.3. The van der Waals surface area contributed by atoms with E-state index in [-0.39, 0.29) is 17.1 Å². The second-order valence-corrected chi connectivity index (χ2v) is 5.97. The lowest BCUT2D eigenvalue weighted by Gasteiger charge is -2.12. The minimum absolute atomic E-state index is 0.0442. The highest BCUT2D eigenvalue weighted by Crippen LogP contribution is 2.22. The Morgan fingerprint density at radius 1 is 0.889 bits per heavy atom. The van der Waals surface area contributed by atoms with Gasteiger partial charge in [0, 0.05) is 5.56 Å². The molecule has 0 aliphatic carbocycles. The van der Waals surface area contributed by atoms with Crippen molar-refractivity contribution in [3.8, 4) is 11.4 Å². The van der Waals surface area contributed by atoms with E-state index < -0.39 is 0 Å². The quantitative estimate of drug-likeness (QED) is 0.590. The highest BCUT2D eigenvalue weighted by Gasteiger charge is 2.13. The van der Waals surface area contributed by atoms with Crippen LogP contribution in [0.15, 0.2) is 77.6 Å². The molecule has 0 saturated carbocycles. The number of aromatic nitrogens is 2. The minimum atomic E-state index is -0.369. The highest BCUT2D eigenvalue weighted by molar-refractivity contribution is 5.80. The Morgan fingerprint density at radius 3 is 2.41 bits per heavy atom. The summed E-state index contributed by atoms with van der Waals surface area (Å²) in [4.78, 5) is 17.6. The molecule has 4 nitrogen and oxygen atoms in total. The molecule has 132 valence electrons. The largest absolute Gasteiger partial charge is 0.506 e. The van der Waals surface area contributed by atoms with Crippen molar-refractivity contribution in [2.75, 3.05) is 0 Å². The van der Waals surface area contributed by atoms with E-state index in [2.05, 4.69) is 4.98 Å². The first-order chi connectivity index (χ1) is 13.1. The molecule has 0 aliphatic heterocycles. The van der Waals surface area contributed by atoms with Crippen molar-refractivity contribution >= 4 is 23.1 Å². The van der Waals surface area contributed by atoms with Crippen LogP contribution in [0, 0.1) is 5.82 Å². The Kier molecular flexibility index (Phi) is 4.26. The van der Waals surface area contributed by atoms with E-state index >= 15 is 0 Å². The molecule has 5 heteroatoms. The summed E-state index contributed by atoms with van der Waals surface area (Å²) in [5.74, 6) is -0.119. The molecule has 0 aliphatic rings. The predicted molar refractivity (Wildman–Crippen MR) is 104 cm³/mol. The SMILES string of the molecule is O=c1c2ccccc2nc(/C=C/c2ccccc2F)n1-c1ccccc1O. The van der Waals surface area contributed by atoms with E-state index in [1.807, 2.05) is 0 Å². The number of nitrogens with zero attached hydrogens (tertiary/aromatic N) is 2. The molecule has 4 aromatic rings. The number of rotatable bonds is 3. The Balaban J connectivity index is 1.99. The fraction of sp³-hybridized carbons (Fsp3) is 0. The first-order valence-corrected chi connectivity index (χ1v) is 8.38. The van der Waals surface area contributed by atoms with Crippen LogP contribution in [-0.2, 0) is 0 Å². The lowest BCUT2D eigenvalue weighted by molar-refractivity contribution is 0.471. The van der Waals surface area contributed by atoms with Crippen LogP contribution in [0.25, 0.3) is 28.7 Å². The number of para-hydroxylation sites is 3. The van der Waals surface area contributed by atoms with Crippen LogP contribution >= 0.6 is 0 Å². The van der Waals surface area contributed by atoms with E-state index in [0.717, 1.165) is 0 Å². The second-order valence-electron chi connectivity index (χ2n) is 5.97. The molecule has 1 N–H and O–H groups in total. The van der Waals surface area contributed by atoms with Crippen molar-refractivity contribution in [1.82, 2.24) is 9.55 Å². The lowest BCUT2D eigenvalue weighted by Crippen LogP contribution is -2.22. The van der Waals surface area contributed by atoms with Gasteiger partial charge in [-0.2, -0.15) is 0 Å². The van der Waals surface area contributed by atoms with Gasteiger partial charge in [-0.3, -0.25) is 9.36 Å². The molecule has 4 rings (SSSR count). The summed E-state index contributed by atoms with van der Waals surface area (Å²) in [6.45, 7) is 0. The van der Waals surface area contributed by atoms with E-state index in [1.165, 1.54) is 16.7 Å². The first kappa shape index (κ1) is 16.7. The maximum Gasteiger partial charge on any atom is 0.266 e. The van der Waals surface area contributed by atoms with Gasteiger partial charge in [-0.05, 0) is 42.5 Å². The van der Waals surface area contributed by atoms with E-state index in [0.29, 0.717) is 28.0 Å². The van der Waals surface area contributed by atoms with Crippen LogP contribution in [-0.4, -0.2) is 14.7 Å². The van der Waals surface area contributed by atoms with Gasteiger partial charge in [-0.25, -0.2) is 9.37 Å². The lowest BCUT2D eigenvalue weighted by atomic mass is 10.2. The number of hydrogen-bond acceptors (Lipinski definition) is 3. The van der Waals surface area contributed by atoms with Crippen LogP contribution in [0.4, 0.5) is 4.39 Å². The Bertz CT molecular complexity index is 1230. The van der Waals surface area contributed by atoms with Crippen LogP contribution in [0.1, 0.15) is 11.4 Å². The topological polar surface area (TPSA) is 55.1 Å². The van der Waals surface area contributed by atoms with Gasteiger partial charge in [0.25, 0.3) is 5.56 Å². The van der Waals surface area contributed by atoms with Crippen LogP contribution < -0.4 is 5.56 Å². The molecule has 3 aromatic carbocycles. The van der Waals surface area contributed by atoms with Crippen LogP contribution in [0.3, 0.4) is 0 Å². The summed E-state index contributed by atoms with van der Waals surface area (Å²) in [6, 6.07) is 19.9. The van der Waals surface area contributed by atoms with E-state index in [1.54, 1.807) is 72.8 Å². The summed E-state index contributed by atoms with van der Waals surface area (Å²) in [6.07, 6.45) is 3.13. The molecular formula is C22H15FN2O2. The Hall–Kier alpha value is -3.73. The molecule has 0 radical (unpaired) electrons. The molecule has 27 heavy (non-hydrogen) atoms. The molecular weight excluding hydrogens is 343 g/mol. The third kappa shape index (κ3) is 3.11. The zero-order valence-electron chi connectivity index (χ0n) is 14.2. The Morgan fingerprint density at radius 2 is 1.59 bits per heavy atom. The third-order valence-corrected chi connectivity index (χ3v) is 4.24. The van der Waals surface area contributed by atoms with Gasteiger partial charge < -0.3 is 5.11 Å². The number of halogens is 1. The Labute approximate surface area is 154 Å². The third-order valence-electron chi connectivity index (χ3n) is 4.24. The van der Waals surface area contributed by atoms with Gasteiger partial charge in [0.05, 0.1) is 16.6 Å². The molecule has 0 saturated heterocycles. The smallest absolute Gasteiger partial charge is 0.266 e. The standard InChI is InChI=1S/C22H15FN2O2/c23-17-9-3-1-7-15(17)13-14-21-24-18-10-4-2-8-16(18)22(27)25(21)19-11-5-6-12-20(19)26/h1-14,26H/b14-13+. The van der Waals surface area contributed by atoms with Gasteiger partial charge in [0.15, 0.2) is 0 Å². The van der Waals surface area contributed by atoms with Gasteiger partial charge in [0.1, 0.15) is 17.4 Å². The second kappa shape index (κ2) is 6.88. The predicted octanol–water partition coefficient (Wildman–Crippen LogP) is 4.40. The summed E-state index contributed by atoms with van der Waals surface area (Å²) >= 11 is 0. The molecule has 0 fully saturated rings. The summed E-state index contributed by atoms with van der Waals surface area (Å²) < 4.78 is 15.3. The fourth-order valence-electron chi connectivity index (χ4n) is 2.92. The number of hydrogen-bond donors (Lipinski definition) is 1. The van der Waals surface area contributed by atoms with Crippen molar-refractivity contribution in [1.29, 1.82) is 0 Å². The minimum Gasteiger partial charge on any atom is -0.506 e. The number of phenols is 1. The van der Waals surface area contributed by atoms with Gasteiger partial charge in [-0.1, -0.05) is 42.5 Å². The number of aromatic hydroxyl groups is 1. The van der Waals surface area contributed by atoms with Crippen LogP contribution in [0.5, 0.6) is 5.75 Å². The first-order valence-electron chi connectivity index (χ1n) is 8.38. The molecule has 0 bridgehead atoms. The van der Waals surface area contributed by atoms with Gasteiger partial charge in [-0.15, -0.1) is 0 Å². The molecule has 0 unspecified atom stereocenters. The van der Waals surface area contributed by atoms with Crippen molar-refractivity contribution in [3.63, 3.8) is 0 Å². The van der Waals surface area contributed by atoms with Crippen molar-refractivity contribution in [3.05, 3.63) is 100 Å².